The van der Waals surface area contributed by atoms with Crippen molar-refractivity contribution in [3.05, 3.63) is 37.1 Å². The predicted molar refractivity (Wildman–Crippen MR) is 53.6 cm³/mol. The molecule has 0 aliphatic heterocycles. The summed E-state index contributed by atoms with van der Waals surface area (Å²) in [6.45, 7) is 9.34. The quantitative estimate of drug-likeness (QED) is 0.325. The predicted octanol–water partition coefficient (Wildman–Crippen LogP) is 1.90. The molecular formula is C10H14O4. The molecule has 4 nitrogen and oxygen atoms in total. The van der Waals surface area contributed by atoms with Crippen molar-refractivity contribution in [1.29, 1.82) is 0 Å². The molecule has 1 N–H and O–H groups in total. The number of hydrogen-bond donors (Lipinski definition) is 1. The normalized spacial score (nSPS) is 9.14. The highest BCUT2D eigenvalue weighted by molar-refractivity contribution is 5.86. The molecule has 0 heterocycles. The van der Waals surface area contributed by atoms with Crippen LogP contribution in [0.1, 0.15) is 13.8 Å². The summed E-state index contributed by atoms with van der Waals surface area (Å²) in [6, 6.07) is 0. The van der Waals surface area contributed by atoms with Crippen LogP contribution in [0.4, 0.5) is 0 Å². The third-order valence-electron chi connectivity index (χ3n) is 0.954. The first-order valence-electron chi connectivity index (χ1n) is 3.76. The van der Waals surface area contributed by atoms with Crippen molar-refractivity contribution in [2.45, 2.75) is 13.8 Å². The second-order valence-electron chi connectivity index (χ2n) is 2.17. The van der Waals surface area contributed by atoms with E-state index in [-0.39, 0.29) is 5.97 Å². The number of hydrogen-bond acceptors (Lipinski definition) is 3. The summed E-state index contributed by atoms with van der Waals surface area (Å²) in [5, 5.41) is 8.20. The van der Waals surface area contributed by atoms with E-state index in [2.05, 4.69) is 17.9 Å². The number of ether oxygens (including phenoxy) is 1. The van der Waals surface area contributed by atoms with Gasteiger partial charge in [-0.25, -0.2) is 4.79 Å². The van der Waals surface area contributed by atoms with E-state index in [0.717, 1.165) is 6.26 Å². The molecule has 0 spiro atoms. The van der Waals surface area contributed by atoms with Crippen LogP contribution in [0, 0.1) is 0 Å². The summed E-state index contributed by atoms with van der Waals surface area (Å²) in [7, 11) is 0. The second kappa shape index (κ2) is 9.25. The van der Waals surface area contributed by atoms with Crippen LogP contribution < -0.4 is 0 Å². The topological polar surface area (TPSA) is 63.6 Å². The van der Waals surface area contributed by atoms with Crippen molar-refractivity contribution < 1.29 is 19.4 Å². The molecule has 0 atom stereocenters. The average Bonchev–Trinajstić information content (AvgIpc) is 2.05. The third-order valence-corrected chi connectivity index (χ3v) is 0.954. The van der Waals surface area contributed by atoms with E-state index in [4.69, 9.17) is 5.11 Å². The number of carboxylic acids is 1. The van der Waals surface area contributed by atoms with Gasteiger partial charge in [0.05, 0.1) is 6.26 Å². The van der Waals surface area contributed by atoms with Crippen molar-refractivity contribution in [3.63, 3.8) is 0 Å². The Labute approximate surface area is 83.2 Å². The molecule has 0 saturated carbocycles. The van der Waals surface area contributed by atoms with E-state index < -0.39 is 5.97 Å². The van der Waals surface area contributed by atoms with Crippen LogP contribution in [0.5, 0.6) is 0 Å². The molecule has 0 amide bonds. The van der Waals surface area contributed by atoms with Crippen LogP contribution in [-0.4, -0.2) is 17.0 Å². The number of rotatable bonds is 3. The lowest BCUT2D eigenvalue weighted by molar-refractivity contribution is -0.135. The molecule has 0 radical (unpaired) electrons. The maximum Gasteiger partial charge on any atom is 0.331 e. The molecule has 0 rings (SSSR count). The number of carbonyl (C=O) groups is 2. The van der Waals surface area contributed by atoms with Gasteiger partial charge >= 0.3 is 11.9 Å². The second-order valence-corrected chi connectivity index (χ2v) is 2.17. The smallest absolute Gasteiger partial charge is 0.331 e. The van der Waals surface area contributed by atoms with Crippen molar-refractivity contribution in [2.75, 3.05) is 0 Å². The summed E-state index contributed by atoms with van der Waals surface area (Å²) in [5.74, 6) is -1.23. The Balaban J connectivity index is 0. The number of carbonyl (C=O) groups excluding carboxylic acids is 1. The summed E-state index contributed by atoms with van der Waals surface area (Å²) in [5.41, 5.74) is 0.306. The molecule has 4 heteroatoms. The Morgan fingerprint density at radius 3 is 1.86 bits per heavy atom. The zero-order valence-electron chi connectivity index (χ0n) is 8.32. The number of carboxylic acid groups (broad SMARTS) is 1. The van der Waals surface area contributed by atoms with Gasteiger partial charge in [0.1, 0.15) is 0 Å². The van der Waals surface area contributed by atoms with Gasteiger partial charge in [0.25, 0.3) is 0 Å². The van der Waals surface area contributed by atoms with E-state index in [9.17, 15) is 9.59 Å². The van der Waals surface area contributed by atoms with Crippen molar-refractivity contribution in [1.82, 2.24) is 0 Å². The molecular weight excluding hydrogens is 184 g/mol. The molecule has 0 aliphatic carbocycles. The first-order valence-corrected chi connectivity index (χ1v) is 3.76. The fourth-order valence-corrected chi connectivity index (χ4v) is 0.365. The van der Waals surface area contributed by atoms with Gasteiger partial charge in [0, 0.05) is 12.5 Å². The van der Waals surface area contributed by atoms with Gasteiger partial charge in [0.15, 0.2) is 0 Å². The van der Waals surface area contributed by atoms with Gasteiger partial charge in [-0.2, -0.15) is 0 Å². The van der Waals surface area contributed by atoms with Crippen molar-refractivity contribution in [3.8, 4) is 0 Å². The molecule has 14 heavy (non-hydrogen) atoms. The zero-order valence-corrected chi connectivity index (χ0v) is 8.32. The molecule has 0 bridgehead atoms. The lowest BCUT2D eigenvalue weighted by Crippen LogP contribution is -1.94. The fraction of sp³-hybridized carbons (Fsp3) is 0.200. The highest BCUT2D eigenvalue weighted by atomic mass is 16.5. The molecule has 0 unspecified atom stereocenters. The Bertz CT molecular complexity index is 251. The standard InChI is InChI=1S/C6H8O2.C4H6O2/c1-3-4-5(2)6(7)8;1-3-6-4(2)5/h3-4H,1H2,2H3,(H,7,8);3H,1H2,2H3. The van der Waals surface area contributed by atoms with E-state index in [1.807, 2.05) is 0 Å². The monoisotopic (exact) mass is 198 g/mol. The van der Waals surface area contributed by atoms with Crippen LogP contribution in [-0.2, 0) is 14.3 Å². The van der Waals surface area contributed by atoms with Crippen LogP contribution in [0.2, 0.25) is 0 Å². The maximum absolute atomic E-state index is 9.97. The van der Waals surface area contributed by atoms with E-state index >= 15 is 0 Å². The Kier molecular flexibility index (Phi) is 9.69. The molecule has 0 aromatic heterocycles. The average molecular weight is 198 g/mol. The summed E-state index contributed by atoms with van der Waals surface area (Å²) < 4.78 is 4.17. The molecule has 0 saturated heterocycles. The Morgan fingerprint density at radius 2 is 1.79 bits per heavy atom. The van der Waals surface area contributed by atoms with Crippen LogP contribution in [0.25, 0.3) is 0 Å². The van der Waals surface area contributed by atoms with Crippen LogP contribution >= 0.6 is 0 Å². The Hall–Kier alpha value is -1.84. The van der Waals surface area contributed by atoms with E-state index in [0.29, 0.717) is 5.57 Å². The van der Waals surface area contributed by atoms with Crippen molar-refractivity contribution in [2.24, 2.45) is 0 Å². The third kappa shape index (κ3) is 12.8. The number of aliphatic carboxylic acids is 1. The first-order chi connectivity index (χ1) is 6.45. The van der Waals surface area contributed by atoms with E-state index in [1.54, 1.807) is 0 Å². The summed E-state index contributed by atoms with van der Waals surface area (Å²) in [6.07, 6.45) is 3.99. The minimum Gasteiger partial charge on any atom is -0.478 e. The lowest BCUT2D eigenvalue weighted by atomic mass is 10.3. The summed E-state index contributed by atoms with van der Waals surface area (Å²) >= 11 is 0. The van der Waals surface area contributed by atoms with Crippen LogP contribution in [0.15, 0.2) is 37.1 Å². The first kappa shape index (κ1) is 14.7. The minimum absolute atomic E-state index is 0.306. The fourth-order valence-electron chi connectivity index (χ4n) is 0.365. The minimum atomic E-state index is -0.898. The van der Waals surface area contributed by atoms with Gasteiger partial charge in [-0.1, -0.05) is 25.3 Å². The van der Waals surface area contributed by atoms with E-state index in [1.165, 1.54) is 26.0 Å². The molecule has 0 aliphatic rings. The van der Waals surface area contributed by atoms with Gasteiger partial charge in [-0.05, 0) is 6.92 Å². The van der Waals surface area contributed by atoms with Crippen LogP contribution in [0.3, 0.4) is 0 Å². The number of esters is 1. The SMILES string of the molecule is C=CC=C(C)C(=O)O.C=COC(C)=O. The van der Waals surface area contributed by atoms with Gasteiger partial charge in [-0.15, -0.1) is 0 Å². The van der Waals surface area contributed by atoms with Crippen molar-refractivity contribution >= 4 is 11.9 Å². The van der Waals surface area contributed by atoms with Gasteiger partial charge < -0.3 is 9.84 Å². The highest BCUT2D eigenvalue weighted by Crippen LogP contribution is 1.89. The zero-order chi connectivity index (χ0) is 11.6. The molecule has 0 aromatic rings. The molecule has 0 fully saturated rings. The largest absolute Gasteiger partial charge is 0.478 e. The highest BCUT2D eigenvalue weighted by Gasteiger charge is 1.94. The molecule has 78 valence electrons. The van der Waals surface area contributed by atoms with Gasteiger partial charge in [-0.3, -0.25) is 4.79 Å². The number of allylic oxidation sites excluding steroid dienone is 2. The summed E-state index contributed by atoms with van der Waals surface area (Å²) in [4.78, 5) is 19.7. The maximum atomic E-state index is 9.97. The Morgan fingerprint density at radius 1 is 1.29 bits per heavy atom. The lowest BCUT2D eigenvalue weighted by Gasteiger charge is -1.84. The molecule has 0 aromatic carbocycles. The van der Waals surface area contributed by atoms with Gasteiger partial charge in [0.2, 0.25) is 0 Å².